The van der Waals surface area contributed by atoms with Crippen LogP contribution in [-0.4, -0.2) is 44.0 Å². The van der Waals surface area contributed by atoms with E-state index < -0.39 is 17.4 Å². The first-order valence-electron chi connectivity index (χ1n) is 6.13. The fourth-order valence-electron chi connectivity index (χ4n) is 1.72. The summed E-state index contributed by atoms with van der Waals surface area (Å²) in [6, 6.07) is 3.80. The predicted octanol–water partition coefficient (Wildman–Crippen LogP) is 2.50. The molecule has 0 saturated carbocycles. The molecule has 0 bridgehead atoms. The van der Waals surface area contributed by atoms with E-state index in [-0.39, 0.29) is 18.0 Å². The number of ether oxygens (including phenoxy) is 1. The van der Waals surface area contributed by atoms with E-state index in [0.717, 1.165) is 6.07 Å². The molecule has 1 aromatic rings. The van der Waals surface area contributed by atoms with E-state index in [2.05, 4.69) is 0 Å². The third-order valence-electron chi connectivity index (χ3n) is 3.10. The van der Waals surface area contributed by atoms with Crippen LogP contribution in [0.25, 0.3) is 0 Å². The standard InChI is InChI=1S/C14H19F2NO2/c1-10(9-19-3)17(2)8-7-13(18)11-5-4-6-12(15)14(11)16/h4-6,10H,7-9H2,1-3H3. The number of likely N-dealkylation sites (N-methyl/N-ethyl adjacent to an activating group) is 1. The van der Waals surface area contributed by atoms with Gasteiger partial charge < -0.3 is 9.64 Å². The zero-order valence-corrected chi connectivity index (χ0v) is 11.5. The third kappa shape index (κ3) is 4.36. The smallest absolute Gasteiger partial charge is 0.169 e. The van der Waals surface area contributed by atoms with Crippen LogP contribution in [0.15, 0.2) is 18.2 Å². The lowest BCUT2D eigenvalue weighted by Gasteiger charge is -2.23. The predicted molar refractivity (Wildman–Crippen MR) is 69.3 cm³/mol. The van der Waals surface area contributed by atoms with Crippen molar-refractivity contribution >= 4 is 5.78 Å². The van der Waals surface area contributed by atoms with Gasteiger partial charge in [-0.2, -0.15) is 0 Å². The molecular formula is C14H19F2NO2. The maximum absolute atomic E-state index is 13.4. The summed E-state index contributed by atoms with van der Waals surface area (Å²) in [5.74, 6) is -2.46. The van der Waals surface area contributed by atoms with Crippen molar-refractivity contribution in [2.75, 3.05) is 27.3 Å². The van der Waals surface area contributed by atoms with Gasteiger partial charge in [0.1, 0.15) is 0 Å². The molecule has 5 heteroatoms. The number of methoxy groups -OCH3 is 1. The second kappa shape index (κ2) is 7.31. The second-order valence-corrected chi connectivity index (χ2v) is 4.56. The highest BCUT2D eigenvalue weighted by molar-refractivity contribution is 5.96. The number of halogens is 2. The average molecular weight is 271 g/mol. The van der Waals surface area contributed by atoms with Crippen molar-refractivity contribution in [2.24, 2.45) is 0 Å². The number of rotatable bonds is 7. The van der Waals surface area contributed by atoms with Gasteiger partial charge in [0, 0.05) is 26.1 Å². The molecule has 0 radical (unpaired) electrons. The summed E-state index contributed by atoms with van der Waals surface area (Å²) < 4.78 is 31.5. The van der Waals surface area contributed by atoms with Gasteiger partial charge in [0.15, 0.2) is 17.4 Å². The quantitative estimate of drug-likeness (QED) is 0.714. The molecule has 0 heterocycles. The van der Waals surface area contributed by atoms with Crippen molar-refractivity contribution in [1.29, 1.82) is 0 Å². The second-order valence-electron chi connectivity index (χ2n) is 4.56. The fourth-order valence-corrected chi connectivity index (χ4v) is 1.72. The summed E-state index contributed by atoms with van der Waals surface area (Å²) in [5, 5.41) is 0. The molecule has 0 aromatic heterocycles. The van der Waals surface area contributed by atoms with Gasteiger partial charge in [0.2, 0.25) is 0 Å². The van der Waals surface area contributed by atoms with Gasteiger partial charge in [-0.05, 0) is 26.1 Å². The molecule has 0 aliphatic heterocycles. The molecule has 0 spiro atoms. The van der Waals surface area contributed by atoms with E-state index in [1.54, 1.807) is 7.11 Å². The van der Waals surface area contributed by atoms with E-state index in [9.17, 15) is 13.6 Å². The monoisotopic (exact) mass is 271 g/mol. The van der Waals surface area contributed by atoms with Gasteiger partial charge in [-0.25, -0.2) is 8.78 Å². The molecule has 3 nitrogen and oxygen atoms in total. The molecule has 106 valence electrons. The largest absolute Gasteiger partial charge is 0.383 e. The van der Waals surface area contributed by atoms with Crippen LogP contribution in [0.3, 0.4) is 0 Å². The highest BCUT2D eigenvalue weighted by Gasteiger charge is 2.16. The Morgan fingerprint density at radius 2 is 2.11 bits per heavy atom. The van der Waals surface area contributed by atoms with Crippen molar-refractivity contribution in [3.05, 3.63) is 35.4 Å². The summed E-state index contributed by atoms with van der Waals surface area (Å²) in [7, 11) is 3.47. The Kier molecular flexibility index (Phi) is 6.05. The highest BCUT2D eigenvalue weighted by Crippen LogP contribution is 2.13. The van der Waals surface area contributed by atoms with Crippen molar-refractivity contribution in [1.82, 2.24) is 4.90 Å². The number of Topliss-reactive ketones (excluding diaryl/α,β-unsaturated/α-hetero) is 1. The number of hydrogen-bond donors (Lipinski definition) is 0. The first-order chi connectivity index (χ1) is 8.97. The molecule has 1 unspecified atom stereocenters. The number of ketones is 1. The van der Waals surface area contributed by atoms with E-state index in [1.807, 2.05) is 18.9 Å². The Bertz CT molecular complexity index is 437. The molecule has 0 aliphatic rings. The Labute approximate surface area is 112 Å². The van der Waals surface area contributed by atoms with Crippen LogP contribution in [0.5, 0.6) is 0 Å². The number of nitrogens with zero attached hydrogens (tertiary/aromatic N) is 1. The van der Waals surface area contributed by atoms with Crippen LogP contribution in [-0.2, 0) is 4.74 Å². The van der Waals surface area contributed by atoms with Crippen LogP contribution >= 0.6 is 0 Å². The zero-order chi connectivity index (χ0) is 14.4. The molecular weight excluding hydrogens is 252 g/mol. The number of carbonyl (C=O) groups is 1. The van der Waals surface area contributed by atoms with Crippen LogP contribution in [0.2, 0.25) is 0 Å². The topological polar surface area (TPSA) is 29.5 Å². The van der Waals surface area contributed by atoms with Gasteiger partial charge >= 0.3 is 0 Å². The van der Waals surface area contributed by atoms with Crippen molar-refractivity contribution in [3.8, 4) is 0 Å². The molecule has 1 rings (SSSR count). The van der Waals surface area contributed by atoms with Gasteiger partial charge in [0.25, 0.3) is 0 Å². The van der Waals surface area contributed by atoms with E-state index in [1.165, 1.54) is 12.1 Å². The summed E-state index contributed by atoms with van der Waals surface area (Å²) >= 11 is 0. The first-order valence-corrected chi connectivity index (χ1v) is 6.13. The minimum Gasteiger partial charge on any atom is -0.383 e. The fraction of sp³-hybridized carbons (Fsp3) is 0.500. The summed E-state index contributed by atoms with van der Waals surface area (Å²) in [6.07, 6.45) is 0.144. The Morgan fingerprint density at radius 3 is 2.74 bits per heavy atom. The van der Waals surface area contributed by atoms with E-state index in [0.29, 0.717) is 13.2 Å². The normalized spacial score (nSPS) is 12.7. The molecule has 0 aliphatic carbocycles. The number of hydrogen-bond acceptors (Lipinski definition) is 3. The lowest BCUT2D eigenvalue weighted by molar-refractivity contribution is 0.0912. The van der Waals surface area contributed by atoms with Crippen molar-refractivity contribution < 1.29 is 18.3 Å². The molecule has 1 aromatic carbocycles. The Morgan fingerprint density at radius 1 is 1.42 bits per heavy atom. The van der Waals surface area contributed by atoms with Crippen LogP contribution in [0.1, 0.15) is 23.7 Å². The molecule has 0 amide bonds. The summed E-state index contributed by atoms with van der Waals surface area (Å²) in [4.78, 5) is 13.8. The lowest BCUT2D eigenvalue weighted by Crippen LogP contribution is -2.34. The third-order valence-corrected chi connectivity index (χ3v) is 3.10. The van der Waals surface area contributed by atoms with E-state index in [4.69, 9.17) is 4.74 Å². The number of carbonyl (C=O) groups excluding carboxylic acids is 1. The van der Waals surface area contributed by atoms with E-state index >= 15 is 0 Å². The lowest BCUT2D eigenvalue weighted by atomic mass is 10.1. The molecule has 0 saturated heterocycles. The van der Waals surface area contributed by atoms with Crippen LogP contribution in [0.4, 0.5) is 8.78 Å². The Balaban J connectivity index is 2.58. The van der Waals surface area contributed by atoms with Crippen molar-refractivity contribution in [2.45, 2.75) is 19.4 Å². The first kappa shape index (κ1) is 15.7. The van der Waals surface area contributed by atoms with Crippen LogP contribution < -0.4 is 0 Å². The maximum Gasteiger partial charge on any atom is 0.169 e. The molecule has 0 fully saturated rings. The number of benzene rings is 1. The van der Waals surface area contributed by atoms with Crippen LogP contribution in [0, 0.1) is 11.6 Å². The molecule has 19 heavy (non-hydrogen) atoms. The van der Waals surface area contributed by atoms with Crippen molar-refractivity contribution in [3.63, 3.8) is 0 Å². The maximum atomic E-state index is 13.4. The summed E-state index contributed by atoms with van der Waals surface area (Å²) in [6.45, 7) is 3.00. The van der Waals surface area contributed by atoms with Gasteiger partial charge in [-0.1, -0.05) is 6.07 Å². The molecule has 1 atom stereocenters. The minimum absolute atomic E-state index is 0.144. The highest BCUT2D eigenvalue weighted by atomic mass is 19.2. The van der Waals surface area contributed by atoms with Gasteiger partial charge in [-0.3, -0.25) is 4.79 Å². The molecule has 0 N–H and O–H groups in total. The SMILES string of the molecule is COCC(C)N(C)CCC(=O)c1cccc(F)c1F. The Hall–Kier alpha value is -1.33. The summed E-state index contributed by atoms with van der Waals surface area (Å²) in [5.41, 5.74) is -0.187. The van der Waals surface area contributed by atoms with Gasteiger partial charge in [-0.15, -0.1) is 0 Å². The van der Waals surface area contributed by atoms with Gasteiger partial charge in [0.05, 0.1) is 12.2 Å². The zero-order valence-electron chi connectivity index (χ0n) is 11.5. The average Bonchev–Trinajstić information content (AvgIpc) is 2.39. The minimum atomic E-state index is -1.07.